The van der Waals surface area contributed by atoms with Gasteiger partial charge in [0.25, 0.3) is 0 Å². The van der Waals surface area contributed by atoms with E-state index in [1.165, 1.54) is 11.1 Å². The van der Waals surface area contributed by atoms with Crippen LogP contribution in [0.2, 0.25) is 5.02 Å². The fourth-order valence-electron chi connectivity index (χ4n) is 4.81. The highest BCUT2D eigenvalue weighted by Gasteiger charge is 2.26. The number of nitrogens with zero attached hydrogens (tertiary/aromatic N) is 3. The molecule has 41 heavy (non-hydrogen) atoms. The number of sulfone groups is 1. The van der Waals surface area contributed by atoms with E-state index in [4.69, 9.17) is 16.3 Å². The number of amides is 1. The molecule has 0 atom stereocenters. The molecule has 0 radical (unpaired) electrons. The highest BCUT2D eigenvalue weighted by atomic mass is 35.5. The molecule has 1 fully saturated rings. The number of aryl methyl sites for hydroxylation is 1. The molecule has 220 valence electrons. The number of piperidine rings is 1. The molecular weight excluding hydrogens is 566 g/mol. The average Bonchev–Trinajstić information content (AvgIpc) is 2.92. The Morgan fingerprint density at radius 1 is 1.10 bits per heavy atom. The third kappa shape index (κ3) is 7.02. The van der Waals surface area contributed by atoms with Gasteiger partial charge in [-0.1, -0.05) is 23.7 Å². The fourth-order valence-corrected chi connectivity index (χ4v) is 6.15. The van der Waals surface area contributed by atoms with Crippen molar-refractivity contribution in [3.63, 3.8) is 0 Å². The monoisotopic (exact) mass is 601 g/mol. The van der Waals surface area contributed by atoms with Crippen LogP contribution in [0.15, 0.2) is 47.5 Å². The summed E-state index contributed by atoms with van der Waals surface area (Å²) in [5.41, 5.74) is 3.20. The lowest BCUT2D eigenvalue weighted by Crippen LogP contribution is -2.36. The summed E-state index contributed by atoms with van der Waals surface area (Å²) >= 11 is 6.41. The summed E-state index contributed by atoms with van der Waals surface area (Å²) < 4.78 is 32.0. The molecule has 1 aliphatic rings. The molecule has 0 saturated carbocycles. The van der Waals surface area contributed by atoms with Crippen molar-refractivity contribution in [1.29, 1.82) is 0 Å². The minimum Gasteiger partial charge on any atom is -0.489 e. The van der Waals surface area contributed by atoms with Crippen molar-refractivity contribution in [2.24, 2.45) is 0 Å². The lowest BCUT2D eigenvalue weighted by molar-refractivity contribution is 0.132. The number of ether oxygens (including phenoxy) is 1. The van der Waals surface area contributed by atoms with E-state index in [0.717, 1.165) is 24.0 Å². The van der Waals surface area contributed by atoms with E-state index in [1.807, 2.05) is 32.9 Å². The predicted octanol–water partition coefficient (Wildman–Crippen LogP) is 6.75. The molecule has 1 amide bonds. The van der Waals surface area contributed by atoms with E-state index in [9.17, 15) is 18.3 Å². The van der Waals surface area contributed by atoms with E-state index >= 15 is 0 Å². The van der Waals surface area contributed by atoms with Crippen LogP contribution in [0.4, 0.5) is 27.9 Å². The Balaban J connectivity index is 1.63. The summed E-state index contributed by atoms with van der Waals surface area (Å²) in [6.07, 6.45) is 1.95. The lowest BCUT2D eigenvalue weighted by atomic mass is 9.86. The number of carbonyl (C=O) groups is 1. The highest BCUT2D eigenvalue weighted by molar-refractivity contribution is 7.92. The minimum absolute atomic E-state index is 0.0947. The van der Waals surface area contributed by atoms with Gasteiger partial charge in [-0.15, -0.1) is 0 Å². The summed E-state index contributed by atoms with van der Waals surface area (Å²) in [5, 5.41) is 15.2. The molecule has 3 aromatic rings. The van der Waals surface area contributed by atoms with Crippen molar-refractivity contribution < 1.29 is 23.1 Å². The number of hydrogen-bond donors (Lipinski definition) is 3. The van der Waals surface area contributed by atoms with Crippen LogP contribution in [-0.4, -0.2) is 58.9 Å². The van der Waals surface area contributed by atoms with Gasteiger partial charge in [0.05, 0.1) is 33.8 Å². The predicted molar refractivity (Wildman–Crippen MR) is 161 cm³/mol. The smallest absolute Gasteiger partial charge is 0.407 e. The highest BCUT2D eigenvalue weighted by Crippen LogP contribution is 2.38. The van der Waals surface area contributed by atoms with Crippen molar-refractivity contribution in [3.8, 4) is 5.75 Å². The van der Waals surface area contributed by atoms with Gasteiger partial charge in [-0.2, -0.15) is 4.98 Å². The number of aromatic nitrogens is 2. The van der Waals surface area contributed by atoms with Crippen LogP contribution in [0.3, 0.4) is 0 Å². The van der Waals surface area contributed by atoms with Crippen molar-refractivity contribution in [3.05, 3.63) is 58.7 Å². The van der Waals surface area contributed by atoms with Crippen LogP contribution in [0.1, 0.15) is 57.6 Å². The number of benzene rings is 2. The quantitative estimate of drug-likeness (QED) is 0.243. The molecule has 2 aromatic carbocycles. The molecule has 1 saturated heterocycles. The van der Waals surface area contributed by atoms with Gasteiger partial charge in [0, 0.05) is 13.1 Å². The summed E-state index contributed by atoms with van der Waals surface area (Å²) in [6.45, 7) is 10.2. The Hall–Kier alpha value is -3.57. The molecule has 2 heterocycles. The van der Waals surface area contributed by atoms with Crippen LogP contribution >= 0.6 is 11.6 Å². The second-order valence-corrected chi connectivity index (χ2v) is 13.5. The van der Waals surface area contributed by atoms with Gasteiger partial charge in [0.1, 0.15) is 10.8 Å². The van der Waals surface area contributed by atoms with Crippen molar-refractivity contribution in [2.75, 3.05) is 23.7 Å². The first kappa shape index (κ1) is 30.4. The van der Waals surface area contributed by atoms with Gasteiger partial charge in [-0.25, -0.2) is 18.2 Å². The zero-order valence-electron chi connectivity index (χ0n) is 23.8. The van der Waals surface area contributed by atoms with Crippen LogP contribution < -0.4 is 15.4 Å². The Labute approximate surface area is 246 Å². The zero-order valence-corrected chi connectivity index (χ0v) is 25.4. The van der Waals surface area contributed by atoms with Crippen LogP contribution in [-0.2, 0) is 9.84 Å². The van der Waals surface area contributed by atoms with Crippen LogP contribution in [0.5, 0.6) is 5.75 Å². The number of para-hydroxylation sites is 1. The summed E-state index contributed by atoms with van der Waals surface area (Å²) in [6, 6.07) is 10.6. The minimum atomic E-state index is -3.55. The zero-order chi connectivity index (χ0) is 29.9. The molecule has 0 spiro atoms. The molecule has 1 aromatic heterocycles. The Morgan fingerprint density at radius 2 is 1.78 bits per heavy atom. The molecule has 12 heteroatoms. The molecule has 4 rings (SSSR count). The number of halogens is 1. The van der Waals surface area contributed by atoms with Crippen LogP contribution in [0, 0.1) is 6.92 Å². The number of hydrogen-bond acceptors (Lipinski definition) is 8. The Morgan fingerprint density at radius 3 is 2.41 bits per heavy atom. The second-order valence-electron chi connectivity index (χ2n) is 10.6. The van der Waals surface area contributed by atoms with Gasteiger partial charge >= 0.3 is 6.09 Å². The van der Waals surface area contributed by atoms with Gasteiger partial charge in [0.2, 0.25) is 5.95 Å². The number of likely N-dealkylation sites (tertiary alicyclic amines) is 1. The van der Waals surface area contributed by atoms with Crippen molar-refractivity contribution >= 4 is 50.7 Å². The first-order chi connectivity index (χ1) is 19.4. The van der Waals surface area contributed by atoms with Gasteiger partial charge in [-0.05, 0) is 88.8 Å². The number of anilines is 4. The average molecular weight is 602 g/mol. The molecule has 0 bridgehead atoms. The summed E-state index contributed by atoms with van der Waals surface area (Å²) in [7, 11) is -3.55. The third-order valence-electron chi connectivity index (χ3n) is 6.99. The van der Waals surface area contributed by atoms with Gasteiger partial charge in [-0.3, -0.25) is 0 Å². The maximum Gasteiger partial charge on any atom is 0.407 e. The van der Waals surface area contributed by atoms with E-state index in [-0.39, 0.29) is 33.7 Å². The lowest BCUT2D eigenvalue weighted by Gasteiger charge is -2.31. The van der Waals surface area contributed by atoms with E-state index in [2.05, 4.69) is 20.6 Å². The molecule has 3 N–H and O–H groups in total. The normalized spacial score (nSPS) is 14.4. The maximum atomic E-state index is 12.9. The summed E-state index contributed by atoms with van der Waals surface area (Å²) in [4.78, 5) is 21.8. The SMILES string of the molecule is Cc1cc(Nc2ncc(Cl)c(Nc3ccccc3S(=O)(=O)C(C)C)n2)c(OC(C)C)cc1C1CCN(C(=O)O)CC1. The van der Waals surface area contributed by atoms with Crippen molar-refractivity contribution in [2.45, 2.75) is 69.6 Å². The molecule has 0 unspecified atom stereocenters. The number of carboxylic acid groups (broad SMARTS) is 1. The van der Waals surface area contributed by atoms with Gasteiger partial charge < -0.3 is 25.4 Å². The maximum absolute atomic E-state index is 12.9. The molecular formula is C29H36ClN5O5S. The second kappa shape index (κ2) is 12.5. The number of rotatable bonds is 9. The van der Waals surface area contributed by atoms with E-state index in [0.29, 0.717) is 30.2 Å². The third-order valence-corrected chi connectivity index (χ3v) is 9.48. The molecule has 1 aliphatic heterocycles. The van der Waals surface area contributed by atoms with Crippen LogP contribution in [0.25, 0.3) is 0 Å². The fraction of sp³-hybridized carbons (Fsp3) is 0.414. The molecule has 0 aliphatic carbocycles. The van der Waals surface area contributed by atoms with E-state index < -0.39 is 21.2 Å². The summed E-state index contributed by atoms with van der Waals surface area (Å²) in [5.74, 6) is 1.35. The first-order valence-electron chi connectivity index (χ1n) is 13.6. The first-order valence-corrected chi connectivity index (χ1v) is 15.5. The van der Waals surface area contributed by atoms with E-state index in [1.54, 1.807) is 38.1 Å². The molecule has 10 nitrogen and oxygen atoms in total. The Kier molecular flexibility index (Phi) is 9.28. The number of nitrogens with one attached hydrogen (secondary N) is 2. The standard InChI is InChI=1S/C29H36ClN5O5S/c1-17(2)40-25-15-21(20-10-12-35(13-11-20)29(36)37)19(5)14-24(25)33-28-31-16-22(30)27(34-28)32-23-8-6-7-9-26(23)41(38,39)18(3)4/h6-9,14-18,20H,10-13H2,1-5H3,(H,36,37)(H2,31,32,33,34). The Bertz CT molecular complexity index is 1520. The largest absolute Gasteiger partial charge is 0.489 e. The van der Waals surface area contributed by atoms with Gasteiger partial charge in [0.15, 0.2) is 15.7 Å². The van der Waals surface area contributed by atoms with Crippen molar-refractivity contribution in [1.82, 2.24) is 14.9 Å². The topological polar surface area (TPSA) is 134 Å².